The molecular formula is C16H20N2OS. The summed E-state index contributed by atoms with van der Waals surface area (Å²) < 4.78 is 0. The molecule has 3 nitrogen and oxygen atoms in total. The van der Waals surface area contributed by atoms with Gasteiger partial charge in [-0.2, -0.15) is 0 Å². The Labute approximate surface area is 124 Å². The van der Waals surface area contributed by atoms with Crippen LogP contribution in [0.2, 0.25) is 0 Å². The first-order valence-electron chi connectivity index (χ1n) is 6.83. The van der Waals surface area contributed by atoms with Crippen molar-refractivity contribution in [1.29, 1.82) is 0 Å². The number of carbonyl (C=O) groups is 1. The molecule has 1 unspecified atom stereocenters. The van der Waals surface area contributed by atoms with Crippen LogP contribution in [-0.4, -0.2) is 5.91 Å². The van der Waals surface area contributed by atoms with Crippen molar-refractivity contribution in [3.63, 3.8) is 0 Å². The van der Waals surface area contributed by atoms with Gasteiger partial charge in [-0.3, -0.25) is 4.79 Å². The van der Waals surface area contributed by atoms with Crippen molar-refractivity contribution in [2.45, 2.75) is 32.9 Å². The number of anilines is 1. The Balaban J connectivity index is 2.04. The molecule has 0 saturated carbocycles. The van der Waals surface area contributed by atoms with E-state index in [0.29, 0.717) is 6.04 Å². The number of benzene rings is 1. The summed E-state index contributed by atoms with van der Waals surface area (Å²) in [5, 5.41) is 8.54. The van der Waals surface area contributed by atoms with Crippen molar-refractivity contribution >= 4 is 22.9 Å². The van der Waals surface area contributed by atoms with E-state index in [4.69, 9.17) is 0 Å². The number of hydrogen-bond donors (Lipinski definition) is 2. The molecule has 0 radical (unpaired) electrons. The van der Waals surface area contributed by atoms with E-state index in [2.05, 4.69) is 35.1 Å². The molecule has 1 atom stereocenters. The number of amides is 1. The average Bonchev–Trinajstić information content (AvgIpc) is 2.95. The zero-order valence-corrected chi connectivity index (χ0v) is 12.7. The van der Waals surface area contributed by atoms with Crippen LogP contribution in [0.25, 0.3) is 0 Å². The first-order chi connectivity index (χ1) is 9.70. The lowest BCUT2D eigenvalue weighted by Crippen LogP contribution is -2.20. The highest BCUT2D eigenvalue weighted by molar-refractivity contribution is 7.10. The van der Waals surface area contributed by atoms with E-state index >= 15 is 0 Å². The number of thiophene rings is 1. The Morgan fingerprint density at radius 3 is 2.70 bits per heavy atom. The smallest absolute Gasteiger partial charge is 0.221 e. The standard InChI is InChI=1S/C16H20N2OS/c1-3-14(16-9-6-10-20-16)17-11-13-7-4-5-8-15(13)18-12(2)19/h4-10,14,17H,3,11H2,1-2H3,(H,18,19). The predicted octanol–water partition coefficient (Wildman–Crippen LogP) is 3.95. The average molecular weight is 288 g/mol. The zero-order chi connectivity index (χ0) is 14.4. The Morgan fingerprint density at radius 1 is 1.25 bits per heavy atom. The second-order valence-corrected chi connectivity index (χ2v) is 5.67. The summed E-state index contributed by atoms with van der Waals surface area (Å²) in [5.74, 6) is -0.0391. The third kappa shape index (κ3) is 3.92. The van der Waals surface area contributed by atoms with Gasteiger partial charge >= 0.3 is 0 Å². The van der Waals surface area contributed by atoms with Crippen LogP contribution in [0.1, 0.15) is 36.8 Å². The van der Waals surface area contributed by atoms with E-state index in [9.17, 15) is 4.79 Å². The summed E-state index contributed by atoms with van der Waals surface area (Å²) in [7, 11) is 0. The summed E-state index contributed by atoms with van der Waals surface area (Å²) in [6, 6.07) is 12.5. The van der Waals surface area contributed by atoms with Gasteiger partial charge in [0.2, 0.25) is 5.91 Å². The molecular weight excluding hydrogens is 268 g/mol. The van der Waals surface area contributed by atoms with Crippen LogP contribution in [0.15, 0.2) is 41.8 Å². The van der Waals surface area contributed by atoms with E-state index in [1.165, 1.54) is 11.8 Å². The first kappa shape index (κ1) is 14.8. The lowest BCUT2D eigenvalue weighted by Gasteiger charge is -2.17. The van der Waals surface area contributed by atoms with E-state index in [1.807, 2.05) is 24.3 Å². The highest BCUT2D eigenvalue weighted by Crippen LogP contribution is 2.23. The van der Waals surface area contributed by atoms with Crippen LogP contribution in [0.5, 0.6) is 0 Å². The largest absolute Gasteiger partial charge is 0.326 e. The molecule has 2 aromatic rings. The van der Waals surface area contributed by atoms with Crippen molar-refractivity contribution in [3.8, 4) is 0 Å². The van der Waals surface area contributed by atoms with E-state index in [-0.39, 0.29) is 5.91 Å². The zero-order valence-electron chi connectivity index (χ0n) is 11.8. The lowest BCUT2D eigenvalue weighted by molar-refractivity contribution is -0.114. The predicted molar refractivity (Wildman–Crippen MR) is 84.9 cm³/mol. The second-order valence-electron chi connectivity index (χ2n) is 4.70. The highest BCUT2D eigenvalue weighted by Gasteiger charge is 2.11. The fourth-order valence-electron chi connectivity index (χ4n) is 2.15. The maximum atomic E-state index is 11.2. The summed E-state index contributed by atoms with van der Waals surface area (Å²) >= 11 is 1.77. The summed E-state index contributed by atoms with van der Waals surface area (Å²) in [6.07, 6.45) is 1.04. The molecule has 0 aliphatic carbocycles. The maximum Gasteiger partial charge on any atom is 0.221 e. The van der Waals surface area contributed by atoms with Crippen LogP contribution < -0.4 is 10.6 Å². The minimum atomic E-state index is -0.0391. The third-order valence-electron chi connectivity index (χ3n) is 3.16. The van der Waals surface area contributed by atoms with Gasteiger partial charge in [0.25, 0.3) is 0 Å². The van der Waals surface area contributed by atoms with Crippen molar-refractivity contribution < 1.29 is 4.79 Å². The van der Waals surface area contributed by atoms with E-state index in [0.717, 1.165) is 24.2 Å². The van der Waals surface area contributed by atoms with Crippen LogP contribution in [0, 0.1) is 0 Å². The van der Waals surface area contributed by atoms with Crippen LogP contribution >= 0.6 is 11.3 Å². The van der Waals surface area contributed by atoms with Gasteiger partial charge in [-0.25, -0.2) is 0 Å². The monoisotopic (exact) mass is 288 g/mol. The molecule has 20 heavy (non-hydrogen) atoms. The van der Waals surface area contributed by atoms with Crippen LogP contribution in [0.3, 0.4) is 0 Å². The van der Waals surface area contributed by atoms with Crippen LogP contribution in [0.4, 0.5) is 5.69 Å². The number of nitrogens with one attached hydrogen (secondary N) is 2. The first-order valence-corrected chi connectivity index (χ1v) is 7.71. The van der Waals surface area contributed by atoms with Crippen molar-refractivity contribution in [2.24, 2.45) is 0 Å². The Hall–Kier alpha value is -1.65. The van der Waals surface area contributed by atoms with Crippen LogP contribution in [-0.2, 0) is 11.3 Å². The van der Waals surface area contributed by atoms with Gasteiger partial charge in [-0.1, -0.05) is 31.2 Å². The number of carbonyl (C=O) groups excluding carboxylic acids is 1. The molecule has 106 valence electrons. The quantitative estimate of drug-likeness (QED) is 0.845. The third-order valence-corrected chi connectivity index (χ3v) is 4.15. The van der Waals surface area contributed by atoms with Gasteiger partial charge in [0, 0.05) is 30.1 Å². The van der Waals surface area contributed by atoms with Gasteiger partial charge in [-0.15, -0.1) is 11.3 Å². The molecule has 2 rings (SSSR count). The Morgan fingerprint density at radius 2 is 2.05 bits per heavy atom. The molecule has 0 aliphatic heterocycles. The molecule has 1 aromatic heterocycles. The molecule has 1 aromatic carbocycles. The summed E-state index contributed by atoms with van der Waals surface area (Å²) in [5.41, 5.74) is 1.99. The van der Waals surface area contributed by atoms with Crippen molar-refractivity contribution in [2.75, 3.05) is 5.32 Å². The van der Waals surface area contributed by atoms with Gasteiger partial charge in [0.05, 0.1) is 0 Å². The molecule has 0 bridgehead atoms. The Kier molecular flexibility index (Phi) is 5.32. The lowest BCUT2D eigenvalue weighted by atomic mass is 10.1. The second kappa shape index (κ2) is 7.22. The molecule has 0 aliphatic rings. The van der Waals surface area contributed by atoms with E-state index in [1.54, 1.807) is 11.3 Å². The van der Waals surface area contributed by atoms with Gasteiger partial charge in [0.15, 0.2) is 0 Å². The minimum absolute atomic E-state index is 0.0391. The highest BCUT2D eigenvalue weighted by atomic mass is 32.1. The molecule has 0 spiro atoms. The number of para-hydroxylation sites is 1. The summed E-state index contributed by atoms with van der Waals surface area (Å²) in [4.78, 5) is 12.6. The van der Waals surface area contributed by atoms with Gasteiger partial charge in [0.1, 0.15) is 0 Å². The molecule has 1 amide bonds. The fourth-order valence-corrected chi connectivity index (χ4v) is 3.04. The summed E-state index contributed by atoms with van der Waals surface area (Å²) in [6.45, 7) is 4.45. The van der Waals surface area contributed by atoms with Crippen molar-refractivity contribution in [3.05, 3.63) is 52.2 Å². The molecule has 0 saturated heterocycles. The molecule has 4 heteroatoms. The topological polar surface area (TPSA) is 41.1 Å². The fraction of sp³-hybridized carbons (Fsp3) is 0.312. The van der Waals surface area contributed by atoms with Gasteiger partial charge in [-0.05, 0) is 29.5 Å². The number of hydrogen-bond acceptors (Lipinski definition) is 3. The normalized spacial score (nSPS) is 12.1. The Bertz CT molecular complexity index is 551. The van der Waals surface area contributed by atoms with Crippen molar-refractivity contribution in [1.82, 2.24) is 5.32 Å². The molecule has 1 heterocycles. The molecule has 2 N–H and O–H groups in total. The number of rotatable bonds is 6. The van der Waals surface area contributed by atoms with E-state index < -0.39 is 0 Å². The molecule has 0 fully saturated rings. The minimum Gasteiger partial charge on any atom is -0.326 e. The van der Waals surface area contributed by atoms with Gasteiger partial charge < -0.3 is 10.6 Å². The maximum absolute atomic E-state index is 11.2. The SMILES string of the molecule is CCC(NCc1ccccc1NC(C)=O)c1cccs1.